The summed E-state index contributed by atoms with van der Waals surface area (Å²) < 4.78 is 5.70. The molecule has 2 fully saturated rings. The molecule has 35 heavy (non-hydrogen) atoms. The molecule has 1 atom stereocenters. The van der Waals surface area contributed by atoms with E-state index in [0.29, 0.717) is 50.9 Å². The summed E-state index contributed by atoms with van der Waals surface area (Å²) in [5, 5.41) is 12.3. The van der Waals surface area contributed by atoms with E-state index in [0.717, 1.165) is 36.3 Å². The highest BCUT2D eigenvalue weighted by Crippen LogP contribution is 2.26. The van der Waals surface area contributed by atoms with Crippen LogP contribution in [-0.2, 0) is 9.53 Å². The Bertz CT molecular complexity index is 991. The molecule has 3 amide bonds. The lowest BCUT2D eigenvalue weighted by molar-refractivity contribution is -0.132. The molecule has 188 valence electrons. The molecule has 0 radical (unpaired) electrons. The minimum absolute atomic E-state index is 0.000614. The van der Waals surface area contributed by atoms with Crippen molar-refractivity contribution >= 4 is 29.4 Å². The number of aromatic nitrogens is 2. The first-order valence-electron chi connectivity index (χ1n) is 12.3. The van der Waals surface area contributed by atoms with Crippen molar-refractivity contribution in [1.29, 1.82) is 0 Å². The smallest absolute Gasteiger partial charge is 0.317 e. The van der Waals surface area contributed by atoms with E-state index in [1.54, 1.807) is 4.90 Å². The van der Waals surface area contributed by atoms with Gasteiger partial charge in [0.05, 0.1) is 16.8 Å². The van der Waals surface area contributed by atoms with Crippen LogP contribution < -0.4 is 10.2 Å². The van der Waals surface area contributed by atoms with Crippen LogP contribution in [0.25, 0.3) is 11.3 Å². The maximum Gasteiger partial charge on any atom is 0.317 e. The van der Waals surface area contributed by atoms with Crippen molar-refractivity contribution < 1.29 is 14.3 Å². The SMILES string of the molecule is CCCNC(=O)N(CC(=O)N1CCN(c2ccc(-c3ccccc3Cl)nn2)CC1)C[C@@H]1CCCO1. The van der Waals surface area contributed by atoms with Gasteiger partial charge in [0, 0.05) is 51.4 Å². The van der Waals surface area contributed by atoms with Crippen LogP contribution in [0.1, 0.15) is 26.2 Å². The molecule has 2 aromatic rings. The number of nitrogens with one attached hydrogen (secondary N) is 1. The van der Waals surface area contributed by atoms with Crippen LogP contribution in [0.4, 0.5) is 10.6 Å². The third-order valence-electron chi connectivity index (χ3n) is 6.34. The van der Waals surface area contributed by atoms with Crippen LogP contribution >= 0.6 is 11.6 Å². The first-order chi connectivity index (χ1) is 17.0. The van der Waals surface area contributed by atoms with Gasteiger partial charge in [0.25, 0.3) is 0 Å². The molecular formula is C25H33ClN6O3. The lowest BCUT2D eigenvalue weighted by Gasteiger charge is -2.36. The van der Waals surface area contributed by atoms with Gasteiger partial charge < -0.3 is 24.8 Å². The number of amides is 3. The normalized spacial score (nSPS) is 17.9. The maximum absolute atomic E-state index is 13.0. The van der Waals surface area contributed by atoms with Gasteiger partial charge in [0.2, 0.25) is 5.91 Å². The van der Waals surface area contributed by atoms with E-state index in [-0.39, 0.29) is 24.6 Å². The molecule has 0 bridgehead atoms. The quantitative estimate of drug-likeness (QED) is 0.599. The summed E-state index contributed by atoms with van der Waals surface area (Å²) >= 11 is 6.27. The van der Waals surface area contributed by atoms with E-state index in [4.69, 9.17) is 16.3 Å². The van der Waals surface area contributed by atoms with Crippen molar-refractivity contribution in [2.24, 2.45) is 0 Å². The average molecular weight is 501 g/mol. The third-order valence-corrected chi connectivity index (χ3v) is 6.67. The predicted molar refractivity (Wildman–Crippen MR) is 136 cm³/mol. The van der Waals surface area contributed by atoms with Crippen LogP contribution in [0.3, 0.4) is 0 Å². The summed E-state index contributed by atoms with van der Waals surface area (Å²) in [5.74, 6) is 0.723. The van der Waals surface area contributed by atoms with E-state index in [1.807, 2.05) is 48.2 Å². The number of rotatable bonds is 8. The monoisotopic (exact) mass is 500 g/mol. The van der Waals surface area contributed by atoms with Crippen molar-refractivity contribution in [3.05, 3.63) is 41.4 Å². The molecule has 3 heterocycles. The second-order valence-electron chi connectivity index (χ2n) is 8.87. The molecule has 4 rings (SSSR count). The Morgan fingerprint density at radius 3 is 2.60 bits per heavy atom. The van der Waals surface area contributed by atoms with E-state index in [9.17, 15) is 9.59 Å². The van der Waals surface area contributed by atoms with Gasteiger partial charge in [-0.1, -0.05) is 36.7 Å². The van der Waals surface area contributed by atoms with Crippen molar-refractivity contribution in [3.8, 4) is 11.3 Å². The van der Waals surface area contributed by atoms with Gasteiger partial charge in [0.1, 0.15) is 6.54 Å². The number of hydrogen-bond donors (Lipinski definition) is 1. The first-order valence-corrected chi connectivity index (χ1v) is 12.7. The standard InChI is InChI=1S/C25H33ClN6O3/c1-2-11-27-25(34)32(17-19-6-5-16-35-19)18-24(33)31-14-12-30(13-15-31)23-10-9-22(28-29-23)20-7-3-4-8-21(20)26/h3-4,7-10,19H,2,5-6,11-18H2,1H3,(H,27,34)/t19-/m0/s1. The number of piperazine rings is 1. The fourth-order valence-corrected chi connectivity index (χ4v) is 4.58. The van der Waals surface area contributed by atoms with Gasteiger partial charge in [-0.25, -0.2) is 4.79 Å². The third kappa shape index (κ3) is 6.61. The van der Waals surface area contributed by atoms with E-state index >= 15 is 0 Å². The summed E-state index contributed by atoms with van der Waals surface area (Å²) in [6.45, 7) is 6.24. The molecular weight excluding hydrogens is 468 g/mol. The van der Waals surface area contributed by atoms with Gasteiger partial charge in [0.15, 0.2) is 5.82 Å². The van der Waals surface area contributed by atoms with Gasteiger partial charge in [-0.2, -0.15) is 0 Å². The van der Waals surface area contributed by atoms with Crippen LogP contribution in [0.15, 0.2) is 36.4 Å². The Morgan fingerprint density at radius 2 is 1.94 bits per heavy atom. The molecule has 10 heteroatoms. The lowest BCUT2D eigenvalue weighted by Crippen LogP contribution is -2.54. The molecule has 1 N–H and O–H groups in total. The Balaban J connectivity index is 1.31. The Hall–Kier alpha value is -2.91. The van der Waals surface area contributed by atoms with Gasteiger partial charge >= 0.3 is 6.03 Å². The molecule has 0 aliphatic carbocycles. The highest BCUT2D eigenvalue weighted by molar-refractivity contribution is 6.33. The summed E-state index contributed by atoms with van der Waals surface area (Å²) in [6.07, 6.45) is 2.75. The zero-order valence-corrected chi connectivity index (χ0v) is 20.9. The number of carbonyl (C=O) groups excluding carboxylic acids is 2. The first kappa shape index (κ1) is 25.2. The minimum Gasteiger partial charge on any atom is -0.376 e. The summed E-state index contributed by atoms with van der Waals surface area (Å²) in [4.78, 5) is 31.2. The lowest BCUT2D eigenvalue weighted by atomic mass is 10.1. The van der Waals surface area contributed by atoms with E-state index in [2.05, 4.69) is 20.4 Å². The molecule has 0 saturated carbocycles. The van der Waals surface area contributed by atoms with Crippen molar-refractivity contribution in [1.82, 2.24) is 25.3 Å². The fourth-order valence-electron chi connectivity index (χ4n) is 4.35. The highest BCUT2D eigenvalue weighted by atomic mass is 35.5. The maximum atomic E-state index is 13.0. The average Bonchev–Trinajstić information content (AvgIpc) is 3.40. The van der Waals surface area contributed by atoms with Crippen LogP contribution in [-0.4, -0.2) is 90.5 Å². The number of urea groups is 1. The molecule has 2 aliphatic rings. The molecule has 0 unspecified atom stereocenters. The predicted octanol–water partition coefficient (Wildman–Crippen LogP) is 3.05. The number of carbonyl (C=O) groups is 2. The molecule has 0 spiro atoms. The summed E-state index contributed by atoms with van der Waals surface area (Å²) in [5.41, 5.74) is 1.57. The number of benzene rings is 1. The van der Waals surface area contributed by atoms with Crippen LogP contribution in [0, 0.1) is 0 Å². The summed E-state index contributed by atoms with van der Waals surface area (Å²) in [6, 6.07) is 11.2. The van der Waals surface area contributed by atoms with Gasteiger partial charge in [-0.05, 0) is 37.5 Å². The second kappa shape index (κ2) is 12.2. The molecule has 2 aliphatic heterocycles. The number of ether oxygens (including phenoxy) is 1. The summed E-state index contributed by atoms with van der Waals surface area (Å²) in [7, 11) is 0. The number of halogens is 1. The Labute approximate surface area is 211 Å². The topological polar surface area (TPSA) is 90.9 Å². The van der Waals surface area contributed by atoms with Crippen LogP contribution in [0.2, 0.25) is 5.02 Å². The largest absolute Gasteiger partial charge is 0.376 e. The van der Waals surface area contributed by atoms with E-state index in [1.165, 1.54) is 0 Å². The Morgan fingerprint density at radius 1 is 1.14 bits per heavy atom. The highest BCUT2D eigenvalue weighted by Gasteiger charge is 2.28. The molecule has 1 aromatic heterocycles. The molecule has 2 saturated heterocycles. The van der Waals surface area contributed by atoms with Crippen molar-refractivity contribution in [3.63, 3.8) is 0 Å². The number of nitrogens with zero attached hydrogens (tertiary/aromatic N) is 5. The minimum atomic E-state index is -0.205. The van der Waals surface area contributed by atoms with Gasteiger partial charge in [-0.15, -0.1) is 10.2 Å². The number of hydrogen-bond acceptors (Lipinski definition) is 6. The second-order valence-corrected chi connectivity index (χ2v) is 9.28. The van der Waals surface area contributed by atoms with Crippen molar-refractivity contribution in [2.75, 3.05) is 57.3 Å². The fraction of sp³-hybridized carbons (Fsp3) is 0.520. The Kier molecular flexibility index (Phi) is 8.76. The molecule has 1 aromatic carbocycles. The van der Waals surface area contributed by atoms with Crippen molar-refractivity contribution in [2.45, 2.75) is 32.3 Å². The van der Waals surface area contributed by atoms with Crippen LogP contribution in [0.5, 0.6) is 0 Å². The van der Waals surface area contributed by atoms with Gasteiger partial charge in [-0.3, -0.25) is 4.79 Å². The zero-order chi connectivity index (χ0) is 24.6. The van der Waals surface area contributed by atoms with E-state index < -0.39 is 0 Å². The number of anilines is 1. The molecule has 9 nitrogen and oxygen atoms in total. The zero-order valence-electron chi connectivity index (χ0n) is 20.2.